The van der Waals surface area contributed by atoms with Gasteiger partial charge < -0.3 is 13.7 Å². The summed E-state index contributed by atoms with van der Waals surface area (Å²) in [6, 6.07) is 6.26. The van der Waals surface area contributed by atoms with E-state index in [1.807, 2.05) is 54.9 Å². The molecular weight excluding hydrogens is 435 g/mol. The van der Waals surface area contributed by atoms with E-state index in [1.165, 1.54) is 12.0 Å². The van der Waals surface area contributed by atoms with Crippen LogP contribution in [0.3, 0.4) is 0 Å². The fraction of sp³-hybridized carbons (Fsp3) is 0.667. The topological polar surface area (TPSA) is 38.8 Å². The first-order chi connectivity index (χ1) is 13.2. The van der Waals surface area contributed by atoms with Gasteiger partial charge in [0, 0.05) is 11.3 Å². The average Bonchev–Trinajstić information content (AvgIpc) is 2.52. The summed E-state index contributed by atoms with van der Waals surface area (Å²) in [6.07, 6.45) is 0.985. The summed E-state index contributed by atoms with van der Waals surface area (Å²) in [5, 5.41) is 0. The fourth-order valence-electron chi connectivity index (χ4n) is 3.05. The van der Waals surface area contributed by atoms with Crippen LogP contribution in [0.1, 0.15) is 37.3 Å². The zero-order valence-electron chi connectivity index (χ0n) is 19.4. The number of nitrogens with zero attached hydrogens (tertiary/aromatic N) is 1. The molecule has 1 aromatic rings. The molecule has 1 aromatic carbocycles. The Morgan fingerprint density at radius 2 is 1.66 bits per heavy atom. The van der Waals surface area contributed by atoms with Crippen molar-refractivity contribution >= 4 is 51.9 Å². The van der Waals surface area contributed by atoms with Crippen LogP contribution < -0.4 is 8.99 Å². The molecule has 0 unspecified atom stereocenters. The molecular formula is C21H37NO3S2Si2. The lowest BCUT2D eigenvalue weighted by molar-refractivity contribution is 0.0605. The van der Waals surface area contributed by atoms with Crippen LogP contribution in [0, 0.1) is 0 Å². The minimum atomic E-state index is -2.04. The van der Waals surface area contributed by atoms with Gasteiger partial charge in [-0.2, -0.15) is 0 Å². The first-order valence-electron chi connectivity index (χ1n) is 10.3. The summed E-state index contributed by atoms with van der Waals surface area (Å²) in [7, 11) is -3.76. The van der Waals surface area contributed by atoms with Crippen LogP contribution >= 0.6 is 23.5 Å². The number of carbonyl (C=O) groups excluding carboxylic acids is 1. The Hall–Kier alpha value is -0.576. The minimum absolute atomic E-state index is 0.248. The third kappa shape index (κ3) is 7.56. The number of benzene rings is 1. The van der Waals surface area contributed by atoms with E-state index in [2.05, 4.69) is 51.4 Å². The molecule has 0 saturated carbocycles. The fourth-order valence-corrected chi connectivity index (χ4v) is 8.34. The summed E-state index contributed by atoms with van der Waals surface area (Å²) in [5.41, 5.74) is 1.64. The summed E-state index contributed by atoms with van der Waals surface area (Å²) < 4.78 is 14.4. The van der Waals surface area contributed by atoms with Crippen LogP contribution in [0.2, 0.25) is 39.3 Å². The van der Waals surface area contributed by atoms with Gasteiger partial charge in [-0.1, -0.05) is 19.6 Å². The molecule has 0 N–H and O–H groups in total. The van der Waals surface area contributed by atoms with E-state index in [0.717, 1.165) is 22.9 Å². The Kier molecular flexibility index (Phi) is 7.90. The highest BCUT2D eigenvalue weighted by Gasteiger charge is 2.36. The number of anilines is 1. The largest absolute Gasteiger partial charge is 0.544 e. The molecule has 1 amide bonds. The van der Waals surface area contributed by atoms with Gasteiger partial charge in [0.05, 0.1) is 4.58 Å². The first kappa shape index (κ1) is 24.7. The molecule has 2 rings (SSSR count). The van der Waals surface area contributed by atoms with Gasteiger partial charge in [-0.15, -0.1) is 23.5 Å². The molecule has 0 radical (unpaired) electrons. The van der Waals surface area contributed by atoms with Gasteiger partial charge in [-0.3, -0.25) is 0 Å². The lowest BCUT2D eigenvalue weighted by Gasteiger charge is -2.38. The van der Waals surface area contributed by atoms with E-state index >= 15 is 0 Å². The Morgan fingerprint density at radius 3 is 2.14 bits per heavy atom. The zero-order chi connectivity index (χ0) is 22.0. The van der Waals surface area contributed by atoms with Gasteiger partial charge in [0.1, 0.15) is 11.4 Å². The number of hydrogen-bond acceptors (Lipinski definition) is 5. The monoisotopic (exact) mass is 471 g/mol. The number of rotatable bonds is 5. The molecule has 164 valence electrons. The van der Waals surface area contributed by atoms with Crippen molar-refractivity contribution in [2.45, 2.75) is 76.7 Å². The second-order valence-electron chi connectivity index (χ2n) is 10.3. The normalized spacial score (nSPS) is 16.4. The van der Waals surface area contributed by atoms with Gasteiger partial charge in [0.25, 0.3) is 0 Å². The highest BCUT2D eigenvalue weighted by atomic mass is 32.2. The molecule has 4 nitrogen and oxygen atoms in total. The predicted octanol–water partition coefficient (Wildman–Crippen LogP) is 7.35. The average molecular weight is 472 g/mol. The molecule has 0 aliphatic carbocycles. The van der Waals surface area contributed by atoms with Gasteiger partial charge >= 0.3 is 6.09 Å². The highest BCUT2D eigenvalue weighted by Crippen LogP contribution is 2.48. The number of amides is 1. The summed E-state index contributed by atoms with van der Waals surface area (Å²) in [6.45, 7) is 18.9. The number of thioether (sulfide) groups is 2. The predicted molar refractivity (Wildman–Crippen MR) is 135 cm³/mol. The molecule has 1 heterocycles. The van der Waals surface area contributed by atoms with Crippen molar-refractivity contribution in [3.63, 3.8) is 0 Å². The zero-order valence-corrected chi connectivity index (χ0v) is 23.1. The SMILES string of the molecule is CC(C)(C)OC(=O)N(c1ccc(O[Si](C)(C)C)cc1C1SCCCS1)[Si](C)(C)C. The second-order valence-corrected chi connectivity index (χ2v) is 22.3. The lowest BCUT2D eigenvalue weighted by Crippen LogP contribution is -2.52. The molecule has 0 bridgehead atoms. The number of carbonyl (C=O) groups is 1. The molecule has 0 aromatic heterocycles. The molecule has 0 spiro atoms. The Bertz CT molecular complexity index is 718. The van der Waals surface area contributed by atoms with Gasteiger partial charge in [0.2, 0.25) is 8.32 Å². The van der Waals surface area contributed by atoms with E-state index in [1.54, 1.807) is 0 Å². The summed E-state index contributed by atoms with van der Waals surface area (Å²) >= 11 is 3.93. The van der Waals surface area contributed by atoms with E-state index in [-0.39, 0.29) is 6.09 Å². The van der Waals surface area contributed by atoms with E-state index in [9.17, 15) is 4.79 Å². The van der Waals surface area contributed by atoms with Crippen LogP contribution in [0.4, 0.5) is 10.5 Å². The van der Waals surface area contributed by atoms with Crippen molar-refractivity contribution in [2.24, 2.45) is 0 Å². The maximum atomic E-state index is 13.3. The molecule has 8 heteroatoms. The summed E-state index contributed by atoms with van der Waals surface area (Å²) in [4.78, 5) is 13.3. The summed E-state index contributed by atoms with van der Waals surface area (Å²) in [5.74, 6) is 3.21. The Labute approximate surface area is 187 Å². The van der Waals surface area contributed by atoms with Crippen molar-refractivity contribution in [3.8, 4) is 5.75 Å². The molecule has 1 saturated heterocycles. The smallest absolute Gasteiger partial charge is 0.406 e. The van der Waals surface area contributed by atoms with Crippen LogP contribution in [-0.2, 0) is 4.74 Å². The van der Waals surface area contributed by atoms with Crippen LogP contribution in [-0.4, -0.2) is 39.8 Å². The molecule has 1 aliphatic heterocycles. The van der Waals surface area contributed by atoms with E-state index < -0.39 is 22.2 Å². The molecule has 29 heavy (non-hydrogen) atoms. The second kappa shape index (κ2) is 9.28. The third-order valence-electron chi connectivity index (χ3n) is 3.99. The molecule has 1 fully saturated rings. The minimum Gasteiger partial charge on any atom is -0.544 e. The van der Waals surface area contributed by atoms with Crippen molar-refractivity contribution in [3.05, 3.63) is 23.8 Å². The maximum absolute atomic E-state index is 13.3. The van der Waals surface area contributed by atoms with Crippen LogP contribution in [0.25, 0.3) is 0 Å². The van der Waals surface area contributed by atoms with Gasteiger partial charge in [-0.05, 0) is 76.5 Å². The Morgan fingerprint density at radius 1 is 1.07 bits per heavy atom. The maximum Gasteiger partial charge on any atom is 0.406 e. The first-order valence-corrected chi connectivity index (χ1v) is 19.2. The van der Waals surface area contributed by atoms with E-state index in [4.69, 9.17) is 9.16 Å². The van der Waals surface area contributed by atoms with E-state index in [0.29, 0.717) is 4.58 Å². The highest BCUT2D eigenvalue weighted by molar-refractivity contribution is 8.16. The Balaban J connectivity index is 2.54. The molecule has 0 atom stereocenters. The van der Waals surface area contributed by atoms with Crippen molar-refractivity contribution in [2.75, 3.05) is 16.1 Å². The third-order valence-corrected chi connectivity index (χ3v) is 9.58. The standard InChI is InChI=1S/C21H37NO3S2Si2/c1-21(2,3)24-20(23)22(28(4,5)6)18-12-11-16(25-29(7,8)9)15-17(18)19-26-13-10-14-27-19/h11-12,15,19H,10,13-14H2,1-9H3. The van der Waals surface area contributed by atoms with Crippen LogP contribution in [0.5, 0.6) is 5.75 Å². The molecule has 1 aliphatic rings. The van der Waals surface area contributed by atoms with Crippen molar-refractivity contribution in [1.82, 2.24) is 0 Å². The van der Waals surface area contributed by atoms with Crippen LogP contribution in [0.15, 0.2) is 18.2 Å². The van der Waals surface area contributed by atoms with Crippen molar-refractivity contribution < 1.29 is 14.0 Å². The number of hydrogen-bond donors (Lipinski definition) is 0. The number of ether oxygens (including phenoxy) is 1. The van der Waals surface area contributed by atoms with Gasteiger partial charge in [-0.25, -0.2) is 4.79 Å². The quantitative estimate of drug-likeness (QED) is 0.420. The van der Waals surface area contributed by atoms with Gasteiger partial charge in [0.15, 0.2) is 8.24 Å². The van der Waals surface area contributed by atoms with Crippen molar-refractivity contribution in [1.29, 1.82) is 0 Å². The lowest BCUT2D eigenvalue weighted by atomic mass is 10.2.